The fourth-order valence-corrected chi connectivity index (χ4v) is 12.7. The van der Waals surface area contributed by atoms with Crippen molar-refractivity contribution >= 4 is 109 Å². The summed E-state index contributed by atoms with van der Waals surface area (Å²) in [5.41, 5.74) is 21.4. The molecule has 0 spiro atoms. The first kappa shape index (κ1) is 52.3. The largest absolute Gasteiger partial charge is 0.251 e. The summed E-state index contributed by atoms with van der Waals surface area (Å²) in [4.78, 5) is 40.6. The van der Waals surface area contributed by atoms with Crippen molar-refractivity contribution in [2.45, 2.75) is 13.8 Å². The van der Waals surface area contributed by atoms with E-state index in [4.69, 9.17) is 39.9 Å². The van der Waals surface area contributed by atoms with Crippen LogP contribution in [-0.2, 0) is 0 Å². The van der Waals surface area contributed by atoms with Gasteiger partial charge in [-0.05, 0) is 96.1 Å². The number of nitrogens with zero attached hydrogens (tertiary/aromatic N) is 8. The molecule has 0 saturated heterocycles. The van der Waals surface area contributed by atoms with Gasteiger partial charge in [0.15, 0.2) is 0 Å². The molecule has 420 valence electrons. The third-order valence-corrected chi connectivity index (χ3v) is 17.4. The van der Waals surface area contributed by atoms with E-state index in [1.807, 2.05) is 62.4 Å². The SMILES string of the molecule is Cc1ccc2ccc3ccc(-c4ccc5ccc(-c6ccc7ccc8ccc(C)nc8c7n6)cc5c4)nc3c2n1.c1ccc(-c2ccc3ccc4ccc(-c5ccc(-c6ccc7ccc8ccc(-c9ccccc9)nc8c7n6)c6ccccc56)nc4c3n2)cc1. The van der Waals surface area contributed by atoms with Crippen LogP contribution < -0.4 is 0 Å². The van der Waals surface area contributed by atoms with Gasteiger partial charge in [0, 0.05) is 87.9 Å². The van der Waals surface area contributed by atoms with Crippen LogP contribution in [-0.4, -0.2) is 39.9 Å². The van der Waals surface area contributed by atoms with Crippen molar-refractivity contribution < 1.29 is 0 Å². The van der Waals surface area contributed by atoms with Crippen LogP contribution in [0.3, 0.4) is 0 Å². The number of aryl methyl sites for hydroxylation is 2. The topological polar surface area (TPSA) is 103 Å². The van der Waals surface area contributed by atoms with Gasteiger partial charge in [0.1, 0.15) is 0 Å². The van der Waals surface area contributed by atoms with E-state index >= 15 is 0 Å². The highest BCUT2D eigenvalue weighted by molar-refractivity contribution is 6.10. The Bertz CT molecular complexity index is 5590. The van der Waals surface area contributed by atoms with Gasteiger partial charge in [0.05, 0.1) is 78.3 Å². The van der Waals surface area contributed by atoms with Crippen molar-refractivity contribution in [3.8, 4) is 67.5 Å². The Labute approximate surface area is 517 Å². The summed E-state index contributed by atoms with van der Waals surface area (Å²) in [6.07, 6.45) is 0. The zero-order valence-electron chi connectivity index (χ0n) is 49.1. The van der Waals surface area contributed by atoms with Crippen molar-refractivity contribution in [1.82, 2.24) is 39.9 Å². The van der Waals surface area contributed by atoms with Crippen LogP contribution in [0.4, 0.5) is 0 Å². The van der Waals surface area contributed by atoms with Crippen LogP contribution in [0.2, 0.25) is 0 Å². The fourth-order valence-electron chi connectivity index (χ4n) is 12.7. The van der Waals surface area contributed by atoms with Crippen LogP contribution in [0.15, 0.2) is 279 Å². The highest BCUT2D eigenvalue weighted by Gasteiger charge is 2.17. The maximum absolute atomic E-state index is 5.28. The molecule has 0 aliphatic carbocycles. The molecule has 90 heavy (non-hydrogen) atoms. The van der Waals surface area contributed by atoms with Crippen molar-refractivity contribution in [2.75, 3.05) is 0 Å². The molecule has 8 aromatic heterocycles. The van der Waals surface area contributed by atoms with E-state index in [0.717, 1.165) is 182 Å². The summed E-state index contributed by atoms with van der Waals surface area (Å²) >= 11 is 0. The monoisotopic (exact) mass is 1150 g/mol. The molecule has 0 fully saturated rings. The lowest BCUT2D eigenvalue weighted by molar-refractivity contribution is 1.25. The molecule has 10 aromatic carbocycles. The van der Waals surface area contributed by atoms with E-state index in [2.05, 4.69) is 231 Å². The van der Waals surface area contributed by atoms with E-state index in [0.29, 0.717) is 0 Å². The first-order chi connectivity index (χ1) is 44.3. The molecule has 0 amide bonds. The molecule has 8 heteroatoms. The number of aromatic nitrogens is 8. The van der Waals surface area contributed by atoms with E-state index in [-0.39, 0.29) is 0 Å². The minimum absolute atomic E-state index is 0.899. The zero-order valence-corrected chi connectivity index (χ0v) is 49.1. The quantitative estimate of drug-likeness (QED) is 0.152. The Hall–Kier alpha value is -12.0. The molecule has 0 unspecified atom stereocenters. The predicted octanol–water partition coefficient (Wildman–Crippen LogP) is 20.7. The molecule has 18 aromatic rings. The van der Waals surface area contributed by atoms with Crippen LogP contribution >= 0.6 is 0 Å². The molecular formula is C82H52N8. The highest BCUT2D eigenvalue weighted by atomic mass is 14.8. The van der Waals surface area contributed by atoms with Gasteiger partial charge in [-0.25, -0.2) is 29.9 Å². The fraction of sp³-hybridized carbons (Fsp3) is 0.0244. The standard InChI is InChI=1S/C46H28N4.C36H24N4/c1-3-9-29(10-4-1)39-25-19-31-15-17-33-21-27-41(49-45(33)43(31)47-39)37-23-24-38(36-14-8-7-13-35(36)37)42-28-22-34-18-16-32-20-26-40(30-11-5-2-6-12-30)48-44(32)46(34)50-42;1-21-3-5-24-9-11-26-15-17-31(39-35(26)33(24)37-21)28-13-7-23-8-14-29(20-30(23)19-28)32-18-16-27-12-10-25-6-4-22(2)38-34(25)36(27)40-32/h1-28H;3-20H,1-2H3. The predicted molar refractivity (Wildman–Crippen MR) is 372 cm³/mol. The number of hydrogen-bond acceptors (Lipinski definition) is 8. The lowest BCUT2D eigenvalue weighted by Crippen LogP contribution is -1.93. The summed E-state index contributed by atoms with van der Waals surface area (Å²) in [6.45, 7) is 4.04. The number of hydrogen-bond donors (Lipinski definition) is 0. The van der Waals surface area contributed by atoms with Crippen LogP contribution in [0.1, 0.15) is 11.4 Å². The van der Waals surface area contributed by atoms with Gasteiger partial charge in [0.25, 0.3) is 0 Å². The van der Waals surface area contributed by atoms with Gasteiger partial charge in [0.2, 0.25) is 0 Å². The van der Waals surface area contributed by atoms with Gasteiger partial charge in [-0.2, -0.15) is 0 Å². The van der Waals surface area contributed by atoms with E-state index in [1.54, 1.807) is 0 Å². The number of benzene rings is 10. The maximum atomic E-state index is 5.28. The second kappa shape index (κ2) is 21.4. The first-order valence-electron chi connectivity index (χ1n) is 30.3. The Morgan fingerprint density at radius 1 is 0.178 bits per heavy atom. The summed E-state index contributed by atoms with van der Waals surface area (Å²) in [6, 6.07) is 97.4. The van der Waals surface area contributed by atoms with Gasteiger partial charge in [-0.15, -0.1) is 0 Å². The third kappa shape index (κ3) is 9.33. The molecule has 8 nitrogen and oxygen atoms in total. The molecule has 0 radical (unpaired) electrons. The van der Waals surface area contributed by atoms with Gasteiger partial charge < -0.3 is 0 Å². The average Bonchev–Trinajstić information content (AvgIpc) is 1.44. The van der Waals surface area contributed by atoms with Crippen molar-refractivity contribution in [3.63, 3.8) is 0 Å². The zero-order chi connectivity index (χ0) is 59.8. The second-order valence-electron chi connectivity index (χ2n) is 23.1. The highest BCUT2D eigenvalue weighted by Crippen LogP contribution is 2.39. The van der Waals surface area contributed by atoms with Crippen molar-refractivity contribution in [3.05, 3.63) is 290 Å². The number of rotatable bonds is 6. The maximum Gasteiger partial charge on any atom is 0.0972 e. The lowest BCUT2D eigenvalue weighted by Gasteiger charge is -2.13. The van der Waals surface area contributed by atoms with Gasteiger partial charge in [-0.1, -0.05) is 218 Å². The number of fused-ring (bicyclic) bond motifs is 14. The summed E-state index contributed by atoms with van der Waals surface area (Å²) < 4.78 is 0. The molecule has 8 heterocycles. The molecule has 0 saturated carbocycles. The molecule has 0 bridgehead atoms. The van der Waals surface area contributed by atoms with Crippen LogP contribution in [0, 0.1) is 13.8 Å². The molecule has 18 rings (SSSR count). The van der Waals surface area contributed by atoms with Crippen molar-refractivity contribution in [2.24, 2.45) is 0 Å². The Balaban J connectivity index is 0.000000142. The summed E-state index contributed by atoms with van der Waals surface area (Å²) in [7, 11) is 0. The Morgan fingerprint density at radius 2 is 0.433 bits per heavy atom. The normalized spacial score (nSPS) is 11.7. The van der Waals surface area contributed by atoms with Gasteiger partial charge in [-0.3, -0.25) is 9.97 Å². The second-order valence-corrected chi connectivity index (χ2v) is 23.1. The lowest BCUT2D eigenvalue weighted by atomic mass is 9.95. The van der Waals surface area contributed by atoms with E-state index in [1.165, 1.54) is 5.39 Å². The molecule has 0 N–H and O–H groups in total. The smallest absolute Gasteiger partial charge is 0.0972 e. The average molecular weight is 1150 g/mol. The molecular weight excluding hydrogens is 1100 g/mol. The summed E-state index contributed by atoms with van der Waals surface area (Å²) in [5.74, 6) is 0. The third-order valence-electron chi connectivity index (χ3n) is 17.4. The molecule has 0 atom stereocenters. The summed E-state index contributed by atoms with van der Waals surface area (Å²) in [5, 5.41) is 13.3. The van der Waals surface area contributed by atoms with Crippen molar-refractivity contribution in [1.29, 1.82) is 0 Å². The van der Waals surface area contributed by atoms with Gasteiger partial charge >= 0.3 is 0 Å². The van der Waals surface area contributed by atoms with E-state index in [9.17, 15) is 0 Å². The Morgan fingerprint density at radius 3 is 0.778 bits per heavy atom. The van der Waals surface area contributed by atoms with Crippen LogP contribution in [0.5, 0.6) is 0 Å². The minimum atomic E-state index is 0.899. The minimum Gasteiger partial charge on any atom is -0.251 e. The van der Waals surface area contributed by atoms with Crippen LogP contribution in [0.25, 0.3) is 176 Å². The first-order valence-corrected chi connectivity index (χ1v) is 30.3. The van der Waals surface area contributed by atoms with E-state index < -0.39 is 0 Å². The Kier molecular flexibility index (Phi) is 12.5. The number of pyridine rings is 8. The molecule has 0 aliphatic heterocycles. The molecule has 0 aliphatic rings.